The number of aromatic nitrogens is 2. The zero-order valence-corrected chi connectivity index (χ0v) is 11.7. The van der Waals surface area contributed by atoms with Crippen LogP contribution in [0.2, 0.25) is 10.0 Å². The Morgan fingerprint density at radius 1 is 0.950 bits per heavy atom. The molecular formula is C12H10Cl2N2O4. The van der Waals surface area contributed by atoms with Crippen LogP contribution in [0.3, 0.4) is 0 Å². The van der Waals surface area contributed by atoms with Crippen LogP contribution in [0.25, 0.3) is 0 Å². The van der Waals surface area contributed by atoms with Gasteiger partial charge in [0.25, 0.3) is 11.1 Å². The van der Waals surface area contributed by atoms with Gasteiger partial charge in [0.15, 0.2) is 0 Å². The molecule has 0 aliphatic rings. The highest BCUT2D eigenvalue weighted by Gasteiger charge is 2.25. The molecule has 0 aromatic carbocycles. The summed E-state index contributed by atoms with van der Waals surface area (Å²) in [5.41, 5.74) is -1.47. The topological polar surface area (TPSA) is 106 Å². The molecule has 0 atom stereocenters. The van der Waals surface area contributed by atoms with E-state index >= 15 is 0 Å². The van der Waals surface area contributed by atoms with Gasteiger partial charge in [-0.1, -0.05) is 30.1 Å². The maximum absolute atomic E-state index is 11.8. The lowest BCUT2D eigenvalue weighted by molar-refractivity contribution is 0.453. The summed E-state index contributed by atoms with van der Waals surface area (Å²) in [5.74, 6) is -1.79. The third-order valence-electron chi connectivity index (χ3n) is 2.98. The number of hydrogen-bond donors (Lipinski definition) is 4. The van der Waals surface area contributed by atoms with Crippen LogP contribution in [0.4, 0.5) is 0 Å². The highest BCUT2D eigenvalue weighted by atomic mass is 35.5. The summed E-state index contributed by atoms with van der Waals surface area (Å²) in [4.78, 5) is 28.3. The van der Waals surface area contributed by atoms with Crippen LogP contribution in [0.15, 0.2) is 22.0 Å². The average molecular weight is 317 g/mol. The number of hydrogen-bond acceptors (Lipinski definition) is 4. The van der Waals surface area contributed by atoms with Gasteiger partial charge in [-0.2, -0.15) is 0 Å². The fourth-order valence-electron chi connectivity index (χ4n) is 1.97. The van der Waals surface area contributed by atoms with Gasteiger partial charge in [0.1, 0.15) is 11.5 Å². The van der Waals surface area contributed by atoms with Crippen molar-refractivity contribution in [1.29, 1.82) is 0 Å². The van der Waals surface area contributed by atoms with Crippen LogP contribution in [0.5, 0.6) is 11.5 Å². The maximum Gasteiger partial charge on any atom is 0.255 e. The highest BCUT2D eigenvalue weighted by molar-refractivity contribution is 6.32. The Morgan fingerprint density at radius 2 is 1.30 bits per heavy atom. The van der Waals surface area contributed by atoms with Crippen LogP contribution in [-0.2, 0) is 0 Å². The maximum atomic E-state index is 11.8. The first-order chi connectivity index (χ1) is 9.34. The van der Waals surface area contributed by atoms with Crippen LogP contribution < -0.4 is 11.1 Å². The van der Waals surface area contributed by atoms with E-state index in [4.69, 9.17) is 23.2 Å². The van der Waals surface area contributed by atoms with Crippen molar-refractivity contribution in [3.63, 3.8) is 0 Å². The van der Waals surface area contributed by atoms with Crippen molar-refractivity contribution < 1.29 is 10.2 Å². The summed E-state index contributed by atoms with van der Waals surface area (Å²) in [6, 6.07) is 0. The summed E-state index contributed by atoms with van der Waals surface area (Å²) in [5, 5.41) is 19.6. The second-order valence-electron chi connectivity index (χ2n) is 4.18. The fourth-order valence-corrected chi connectivity index (χ4v) is 2.28. The lowest BCUT2D eigenvalue weighted by Gasteiger charge is -2.14. The Kier molecular flexibility index (Phi) is 3.78. The SMILES string of the molecule is CC(c1c(O)c(Cl)c[nH]c1=O)c1c(O)c(Cl)c[nH]c1=O. The van der Waals surface area contributed by atoms with Gasteiger partial charge in [0.2, 0.25) is 0 Å². The Morgan fingerprint density at radius 3 is 1.65 bits per heavy atom. The lowest BCUT2D eigenvalue weighted by Crippen LogP contribution is -2.21. The van der Waals surface area contributed by atoms with Gasteiger partial charge < -0.3 is 20.2 Å². The molecule has 0 aliphatic heterocycles. The van der Waals surface area contributed by atoms with E-state index < -0.39 is 28.5 Å². The molecule has 2 rings (SSSR count). The molecule has 2 aromatic rings. The first-order valence-corrected chi connectivity index (χ1v) is 6.30. The molecule has 0 bridgehead atoms. The molecule has 2 heterocycles. The molecule has 20 heavy (non-hydrogen) atoms. The van der Waals surface area contributed by atoms with E-state index in [1.807, 2.05) is 0 Å². The average Bonchev–Trinajstić information content (AvgIpc) is 2.39. The third kappa shape index (κ3) is 2.28. The second kappa shape index (κ2) is 5.22. The normalized spacial score (nSPS) is 11.0. The van der Waals surface area contributed by atoms with Gasteiger partial charge in [-0.3, -0.25) is 9.59 Å². The molecular weight excluding hydrogens is 307 g/mol. The largest absolute Gasteiger partial charge is 0.506 e. The highest BCUT2D eigenvalue weighted by Crippen LogP contribution is 2.36. The minimum atomic E-state index is -0.903. The summed E-state index contributed by atoms with van der Waals surface area (Å²) >= 11 is 11.5. The number of halogens is 2. The Balaban J connectivity index is 2.74. The van der Waals surface area contributed by atoms with Crippen LogP contribution in [-0.4, -0.2) is 20.2 Å². The minimum absolute atomic E-state index is 0.0654. The van der Waals surface area contributed by atoms with E-state index in [9.17, 15) is 19.8 Å². The number of aromatic amines is 2. The van der Waals surface area contributed by atoms with Crippen LogP contribution >= 0.6 is 23.2 Å². The van der Waals surface area contributed by atoms with Gasteiger partial charge >= 0.3 is 0 Å². The Hall–Kier alpha value is -1.92. The van der Waals surface area contributed by atoms with E-state index in [2.05, 4.69) is 9.97 Å². The van der Waals surface area contributed by atoms with Crippen molar-refractivity contribution in [2.75, 3.05) is 0 Å². The van der Waals surface area contributed by atoms with Crippen LogP contribution in [0, 0.1) is 0 Å². The first-order valence-electron chi connectivity index (χ1n) is 5.54. The molecule has 4 N–H and O–H groups in total. The standard InChI is InChI=1S/C12H10Cl2N2O4/c1-4(7-9(17)5(13)2-15-11(7)19)8-10(18)6(14)3-16-12(8)20/h2-4H,1H3,(H2,15,17,19)(H2,16,18,20). The van der Waals surface area contributed by atoms with Crippen molar-refractivity contribution in [2.24, 2.45) is 0 Å². The van der Waals surface area contributed by atoms with Gasteiger partial charge in [-0.15, -0.1) is 0 Å². The summed E-state index contributed by atoms with van der Waals surface area (Å²) < 4.78 is 0. The molecule has 0 spiro atoms. The minimum Gasteiger partial charge on any atom is -0.506 e. The number of H-pyrrole nitrogens is 2. The number of pyridine rings is 2. The fraction of sp³-hybridized carbons (Fsp3) is 0.167. The second-order valence-corrected chi connectivity index (χ2v) is 4.99. The van der Waals surface area contributed by atoms with Crippen molar-refractivity contribution >= 4 is 23.2 Å². The molecule has 0 unspecified atom stereocenters. The Labute approximate surface area is 122 Å². The quantitative estimate of drug-likeness (QED) is 0.679. The van der Waals surface area contributed by atoms with Crippen molar-refractivity contribution in [3.8, 4) is 11.5 Å². The van der Waals surface area contributed by atoms with E-state index in [0.29, 0.717) is 0 Å². The number of nitrogens with one attached hydrogen (secondary N) is 2. The molecule has 0 radical (unpaired) electrons. The zero-order valence-electron chi connectivity index (χ0n) is 10.2. The van der Waals surface area contributed by atoms with E-state index in [-0.39, 0.29) is 21.2 Å². The van der Waals surface area contributed by atoms with E-state index in [0.717, 1.165) is 12.4 Å². The summed E-state index contributed by atoms with van der Waals surface area (Å²) in [7, 11) is 0. The lowest BCUT2D eigenvalue weighted by atomic mass is 9.94. The zero-order chi connectivity index (χ0) is 15.0. The molecule has 8 heteroatoms. The van der Waals surface area contributed by atoms with Crippen molar-refractivity contribution in [1.82, 2.24) is 9.97 Å². The predicted octanol–water partition coefficient (Wildman–Crippen LogP) is 1.93. The van der Waals surface area contributed by atoms with E-state index in [1.54, 1.807) is 0 Å². The first kappa shape index (κ1) is 14.5. The molecule has 0 aliphatic carbocycles. The summed E-state index contributed by atoms with van der Waals surface area (Å²) in [6.07, 6.45) is 2.27. The van der Waals surface area contributed by atoms with E-state index in [1.165, 1.54) is 6.92 Å². The van der Waals surface area contributed by atoms with Gasteiger partial charge in [0.05, 0.1) is 21.2 Å². The van der Waals surface area contributed by atoms with Gasteiger partial charge in [0, 0.05) is 18.3 Å². The molecule has 6 nitrogen and oxygen atoms in total. The molecule has 2 aromatic heterocycles. The van der Waals surface area contributed by atoms with Gasteiger partial charge in [-0.25, -0.2) is 0 Å². The van der Waals surface area contributed by atoms with Gasteiger partial charge in [-0.05, 0) is 0 Å². The van der Waals surface area contributed by atoms with Crippen molar-refractivity contribution in [2.45, 2.75) is 12.8 Å². The number of aromatic hydroxyl groups is 2. The molecule has 0 fully saturated rings. The molecule has 0 amide bonds. The predicted molar refractivity (Wildman–Crippen MR) is 75.0 cm³/mol. The Bertz CT molecular complexity index is 717. The molecule has 0 saturated carbocycles. The molecule has 106 valence electrons. The number of rotatable bonds is 2. The van der Waals surface area contributed by atoms with Crippen LogP contribution in [0.1, 0.15) is 24.0 Å². The third-order valence-corrected chi connectivity index (χ3v) is 3.55. The van der Waals surface area contributed by atoms with Crippen molar-refractivity contribution in [3.05, 3.63) is 54.3 Å². The summed E-state index contributed by atoms with van der Waals surface area (Å²) in [6.45, 7) is 1.47. The smallest absolute Gasteiger partial charge is 0.255 e. The monoisotopic (exact) mass is 316 g/mol. The molecule has 0 saturated heterocycles.